The molecule has 0 spiro atoms. The van der Waals surface area contributed by atoms with E-state index in [1.54, 1.807) is 32.2 Å². The second kappa shape index (κ2) is 5.70. The number of carbonyl (C=O) groups is 1. The number of sulfone groups is 1. The lowest BCUT2D eigenvalue weighted by molar-refractivity contribution is -0.160. The highest BCUT2D eigenvalue weighted by Crippen LogP contribution is 2.38. The molecule has 0 bridgehead atoms. The molecule has 1 aromatic heterocycles. The van der Waals surface area contributed by atoms with E-state index in [9.17, 15) is 13.2 Å². The summed E-state index contributed by atoms with van der Waals surface area (Å²) in [7, 11) is -3.79. The van der Waals surface area contributed by atoms with E-state index < -0.39 is 26.2 Å². The largest absolute Gasteiger partial charge is 0.459 e. The van der Waals surface area contributed by atoms with Crippen molar-refractivity contribution < 1.29 is 22.7 Å². The Morgan fingerprint density at radius 1 is 1.33 bits per heavy atom. The summed E-state index contributed by atoms with van der Waals surface area (Å²) in [6.45, 7) is 5.68. The quantitative estimate of drug-likeness (QED) is 0.795. The summed E-state index contributed by atoms with van der Waals surface area (Å²) >= 11 is 1.12. The van der Waals surface area contributed by atoms with E-state index in [1.165, 1.54) is 6.07 Å². The molecule has 0 unspecified atom stereocenters. The van der Waals surface area contributed by atoms with Crippen LogP contribution >= 0.6 is 11.3 Å². The predicted octanol–water partition coefficient (Wildman–Crippen LogP) is 2.41. The average molecular weight is 332 g/mol. The second-order valence-corrected chi connectivity index (χ2v) is 9.48. The predicted molar refractivity (Wildman–Crippen MR) is 80.1 cm³/mol. The number of esters is 1. The summed E-state index contributed by atoms with van der Waals surface area (Å²) in [6.07, 6.45) is 0.254. The van der Waals surface area contributed by atoms with Gasteiger partial charge in [0.15, 0.2) is 4.75 Å². The molecule has 2 heterocycles. The molecule has 1 fully saturated rings. The summed E-state index contributed by atoms with van der Waals surface area (Å²) in [5.41, 5.74) is -0.729. The normalized spacial score (nSPS) is 19.2. The zero-order valence-electron chi connectivity index (χ0n) is 12.4. The fourth-order valence-corrected chi connectivity index (χ4v) is 5.47. The average Bonchev–Trinajstić information content (AvgIpc) is 2.91. The summed E-state index contributed by atoms with van der Waals surface area (Å²) in [4.78, 5) is 12.6. The number of ether oxygens (including phenoxy) is 2. The Labute approximate surface area is 129 Å². The SMILES string of the molecule is CC(C)(C)OC(=O)C1(S(=O)(=O)c2cccs2)CCOCC1. The third-order valence-electron chi connectivity index (χ3n) is 3.35. The molecule has 21 heavy (non-hydrogen) atoms. The molecule has 1 aliphatic heterocycles. The van der Waals surface area contributed by atoms with Crippen molar-refractivity contribution in [2.75, 3.05) is 13.2 Å². The third kappa shape index (κ3) is 3.14. The van der Waals surface area contributed by atoms with Crippen molar-refractivity contribution in [2.24, 2.45) is 0 Å². The zero-order valence-corrected chi connectivity index (χ0v) is 14.1. The van der Waals surface area contributed by atoms with Gasteiger partial charge in [-0.05, 0) is 32.2 Å². The third-order valence-corrected chi connectivity index (χ3v) is 7.22. The Kier molecular flexibility index (Phi) is 4.46. The van der Waals surface area contributed by atoms with E-state index in [0.717, 1.165) is 11.3 Å². The van der Waals surface area contributed by atoms with Crippen molar-refractivity contribution in [3.8, 4) is 0 Å². The highest BCUT2D eigenvalue weighted by Gasteiger charge is 2.54. The molecule has 1 saturated heterocycles. The lowest BCUT2D eigenvalue weighted by atomic mass is 9.99. The molecule has 118 valence electrons. The standard InChI is InChI=1S/C14H20O5S2/c1-13(2,3)19-12(15)14(6-8-18-9-7-14)21(16,17)11-5-4-10-20-11/h4-5,10H,6-9H2,1-3H3. The van der Waals surface area contributed by atoms with E-state index in [1.807, 2.05) is 0 Å². The molecule has 5 nitrogen and oxygen atoms in total. The van der Waals surface area contributed by atoms with Gasteiger partial charge in [0, 0.05) is 26.1 Å². The van der Waals surface area contributed by atoms with Gasteiger partial charge in [0.1, 0.15) is 9.81 Å². The highest BCUT2D eigenvalue weighted by molar-refractivity contribution is 7.95. The minimum atomic E-state index is -3.79. The van der Waals surface area contributed by atoms with Gasteiger partial charge in [-0.2, -0.15) is 0 Å². The maximum atomic E-state index is 13.0. The number of rotatable bonds is 3. The van der Waals surface area contributed by atoms with Gasteiger partial charge in [-0.15, -0.1) is 11.3 Å². The lowest BCUT2D eigenvalue weighted by Crippen LogP contribution is -2.52. The van der Waals surface area contributed by atoms with E-state index in [4.69, 9.17) is 9.47 Å². The molecule has 1 aliphatic rings. The molecule has 0 saturated carbocycles. The fourth-order valence-electron chi connectivity index (χ4n) is 2.26. The van der Waals surface area contributed by atoms with Gasteiger partial charge >= 0.3 is 5.97 Å². The molecule has 0 aliphatic carbocycles. The van der Waals surface area contributed by atoms with E-state index >= 15 is 0 Å². The second-order valence-electron chi connectivity index (χ2n) is 6.04. The van der Waals surface area contributed by atoms with Gasteiger partial charge in [0.2, 0.25) is 9.84 Å². The van der Waals surface area contributed by atoms with Crippen LogP contribution in [0.5, 0.6) is 0 Å². The first-order valence-corrected chi connectivity index (χ1v) is 9.15. The Bertz CT molecular complexity index is 590. The first-order chi connectivity index (χ1) is 9.69. The van der Waals surface area contributed by atoms with Crippen LogP contribution in [0, 0.1) is 0 Å². The molecule has 0 amide bonds. The summed E-state index contributed by atoms with van der Waals surface area (Å²) in [5.74, 6) is -0.674. The Morgan fingerprint density at radius 3 is 2.43 bits per heavy atom. The van der Waals surface area contributed by atoms with Crippen LogP contribution in [0.3, 0.4) is 0 Å². The lowest BCUT2D eigenvalue weighted by Gasteiger charge is -2.36. The summed E-state index contributed by atoms with van der Waals surface area (Å²) in [6, 6.07) is 3.20. The van der Waals surface area contributed by atoms with E-state index in [0.29, 0.717) is 0 Å². The van der Waals surface area contributed by atoms with Gasteiger partial charge < -0.3 is 9.47 Å². The molecule has 1 aromatic rings. The van der Waals surface area contributed by atoms with Crippen LogP contribution in [-0.4, -0.2) is 37.9 Å². The summed E-state index contributed by atoms with van der Waals surface area (Å²) < 4.78 is 35.2. The van der Waals surface area contributed by atoms with Crippen LogP contribution in [0.2, 0.25) is 0 Å². The minimum absolute atomic E-state index is 0.127. The highest BCUT2D eigenvalue weighted by atomic mass is 32.2. The zero-order chi connectivity index (χ0) is 15.7. The smallest absolute Gasteiger partial charge is 0.328 e. The number of hydrogen-bond donors (Lipinski definition) is 0. The molecule has 0 radical (unpaired) electrons. The van der Waals surface area contributed by atoms with Gasteiger partial charge in [-0.1, -0.05) is 6.07 Å². The van der Waals surface area contributed by atoms with Crippen molar-refractivity contribution in [1.82, 2.24) is 0 Å². The first-order valence-electron chi connectivity index (χ1n) is 6.78. The van der Waals surface area contributed by atoms with Gasteiger partial charge in [-0.25, -0.2) is 8.42 Å². The maximum Gasteiger partial charge on any atom is 0.328 e. The molecule has 0 atom stereocenters. The number of carbonyl (C=O) groups excluding carboxylic acids is 1. The Balaban J connectivity index is 2.45. The van der Waals surface area contributed by atoms with Crippen molar-refractivity contribution in [2.45, 2.75) is 48.2 Å². The van der Waals surface area contributed by atoms with Crippen LogP contribution < -0.4 is 0 Å². The van der Waals surface area contributed by atoms with Crippen LogP contribution in [0.25, 0.3) is 0 Å². The topological polar surface area (TPSA) is 69.7 Å². The Morgan fingerprint density at radius 2 is 1.95 bits per heavy atom. The number of hydrogen-bond acceptors (Lipinski definition) is 6. The van der Waals surface area contributed by atoms with E-state index in [2.05, 4.69) is 0 Å². The van der Waals surface area contributed by atoms with Crippen molar-refractivity contribution in [3.05, 3.63) is 17.5 Å². The Hall–Kier alpha value is -0.920. The summed E-state index contributed by atoms with van der Waals surface area (Å²) in [5, 5.41) is 1.69. The molecular formula is C14H20O5S2. The molecule has 7 heteroatoms. The van der Waals surface area contributed by atoms with Crippen LogP contribution in [0.4, 0.5) is 0 Å². The van der Waals surface area contributed by atoms with Crippen LogP contribution in [-0.2, 0) is 24.1 Å². The van der Waals surface area contributed by atoms with Crippen LogP contribution in [0.1, 0.15) is 33.6 Å². The molecular weight excluding hydrogens is 312 g/mol. The van der Waals surface area contributed by atoms with Gasteiger partial charge in [0.25, 0.3) is 0 Å². The van der Waals surface area contributed by atoms with E-state index in [-0.39, 0.29) is 30.3 Å². The van der Waals surface area contributed by atoms with Crippen molar-refractivity contribution in [1.29, 1.82) is 0 Å². The fraction of sp³-hybridized carbons (Fsp3) is 0.643. The van der Waals surface area contributed by atoms with Crippen molar-refractivity contribution >= 4 is 27.1 Å². The minimum Gasteiger partial charge on any atom is -0.459 e. The number of thiophene rings is 1. The molecule has 0 aromatic carbocycles. The molecule has 0 N–H and O–H groups in total. The van der Waals surface area contributed by atoms with Crippen molar-refractivity contribution in [3.63, 3.8) is 0 Å². The molecule has 2 rings (SSSR count). The van der Waals surface area contributed by atoms with Gasteiger partial charge in [0.05, 0.1) is 0 Å². The first kappa shape index (κ1) is 16.5. The van der Waals surface area contributed by atoms with Crippen LogP contribution in [0.15, 0.2) is 21.7 Å². The van der Waals surface area contributed by atoms with Gasteiger partial charge in [-0.3, -0.25) is 4.79 Å². The maximum absolute atomic E-state index is 13.0. The monoisotopic (exact) mass is 332 g/mol.